The molecule has 1 heterocycles. The van der Waals surface area contributed by atoms with E-state index in [4.69, 9.17) is 17.0 Å². The Morgan fingerprint density at radius 3 is 2.95 bits per heavy atom. The van der Waals surface area contributed by atoms with Crippen molar-refractivity contribution in [3.05, 3.63) is 18.0 Å². The van der Waals surface area contributed by atoms with Crippen LogP contribution in [-0.2, 0) is 16.1 Å². The summed E-state index contributed by atoms with van der Waals surface area (Å²) in [5, 5.41) is 7.59. The predicted octanol–water partition coefficient (Wildman–Crippen LogP) is 0.504. The van der Waals surface area contributed by atoms with Gasteiger partial charge in [-0.2, -0.15) is 5.10 Å². The molecule has 118 valence electrons. The van der Waals surface area contributed by atoms with Gasteiger partial charge in [0, 0.05) is 38.9 Å². The van der Waals surface area contributed by atoms with Gasteiger partial charge in [0.1, 0.15) is 0 Å². The van der Waals surface area contributed by atoms with Crippen LogP contribution in [0.15, 0.2) is 12.3 Å². The van der Waals surface area contributed by atoms with Gasteiger partial charge in [0.2, 0.25) is 5.91 Å². The molecule has 1 aromatic heterocycles. The fourth-order valence-electron chi connectivity index (χ4n) is 1.56. The first-order chi connectivity index (χ1) is 10.1. The van der Waals surface area contributed by atoms with Crippen molar-refractivity contribution in [2.75, 3.05) is 19.8 Å². The Bertz CT molecular complexity index is 450. The molecule has 1 aromatic rings. The molecule has 0 aliphatic rings. The highest BCUT2D eigenvalue weighted by molar-refractivity contribution is 7.80. The number of amides is 1. The van der Waals surface area contributed by atoms with E-state index in [1.807, 2.05) is 26.1 Å². The first-order valence-electron chi connectivity index (χ1n) is 7.02. The number of hydrogen-bond donors (Lipinski definition) is 3. The molecule has 7 nitrogen and oxygen atoms in total. The number of nitrogens with one attached hydrogen (secondary N) is 3. The molecular formula is C13H23N5O2S. The zero-order valence-corrected chi connectivity index (χ0v) is 13.3. The molecule has 0 atom stereocenters. The van der Waals surface area contributed by atoms with Crippen LogP contribution in [0.3, 0.4) is 0 Å². The summed E-state index contributed by atoms with van der Waals surface area (Å²) < 4.78 is 6.94. The largest absolute Gasteiger partial charge is 0.382 e. The van der Waals surface area contributed by atoms with Crippen LogP contribution in [0.25, 0.3) is 0 Å². The van der Waals surface area contributed by atoms with Crippen LogP contribution < -0.4 is 16.2 Å². The molecule has 0 fully saturated rings. The second-order valence-electron chi connectivity index (χ2n) is 4.45. The highest BCUT2D eigenvalue weighted by Crippen LogP contribution is 1.94. The second kappa shape index (κ2) is 10.1. The maximum Gasteiger partial charge on any atom is 0.240 e. The number of carbonyl (C=O) groups excluding carboxylic acids is 1. The van der Waals surface area contributed by atoms with Gasteiger partial charge < -0.3 is 10.1 Å². The summed E-state index contributed by atoms with van der Waals surface area (Å²) in [6.45, 7) is 6.52. The molecule has 0 aromatic carbocycles. The molecule has 0 bridgehead atoms. The Balaban J connectivity index is 2.05. The van der Waals surface area contributed by atoms with E-state index in [1.165, 1.54) is 0 Å². The monoisotopic (exact) mass is 313 g/mol. The van der Waals surface area contributed by atoms with E-state index in [0.717, 1.165) is 12.1 Å². The van der Waals surface area contributed by atoms with Crippen molar-refractivity contribution in [2.45, 2.75) is 33.2 Å². The SMILES string of the molecule is CCOCCCNC(=S)NNC(=O)CCn1ccc(C)n1. The summed E-state index contributed by atoms with van der Waals surface area (Å²) in [4.78, 5) is 11.6. The summed E-state index contributed by atoms with van der Waals surface area (Å²) in [6.07, 6.45) is 3.05. The Labute approximate surface area is 130 Å². The van der Waals surface area contributed by atoms with Crippen LogP contribution in [0.5, 0.6) is 0 Å². The number of hydrazine groups is 1. The lowest BCUT2D eigenvalue weighted by molar-refractivity contribution is -0.121. The third-order valence-corrected chi connectivity index (χ3v) is 2.86. The zero-order valence-electron chi connectivity index (χ0n) is 12.5. The lowest BCUT2D eigenvalue weighted by Gasteiger charge is -2.11. The van der Waals surface area contributed by atoms with Gasteiger partial charge in [-0.25, -0.2) is 0 Å². The summed E-state index contributed by atoms with van der Waals surface area (Å²) in [7, 11) is 0. The molecule has 0 unspecified atom stereocenters. The number of ether oxygens (including phenoxy) is 1. The van der Waals surface area contributed by atoms with Crippen molar-refractivity contribution < 1.29 is 9.53 Å². The normalized spacial score (nSPS) is 10.2. The van der Waals surface area contributed by atoms with Gasteiger partial charge in [0.25, 0.3) is 0 Å². The van der Waals surface area contributed by atoms with Crippen LogP contribution in [0.1, 0.15) is 25.5 Å². The van der Waals surface area contributed by atoms with Crippen LogP contribution in [-0.4, -0.2) is 40.6 Å². The first kappa shape index (κ1) is 17.4. The molecule has 1 amide bonds. The quantitative estimate of drug-likeness (QED) is 0.368. The Hall–Kier alpha value is -1.67. The molecule has 21 heavy (non-hydrogen) atoms. The number of aryl methyl sites for hydroxylation is 2. The van der Waals surface area contributed by atoms with Crippen molar-refractivity contribution >= 4 is 23.2 Å². The topological polar surface area (TPSA) is 80.2 Å². The molecule has 1 rings (SSSR count). The summed E-state index contributed by atoms with van der Waals surface area (Å²) in [5.41, 5.74) is 6.15. The summed E-state index contributed by atoms with van der Waals surface area (Å²) in [6, 6.07) is 1.90. The standard InChI is InChI=1S/C13H23N5O2S/c1-3-20-10-4-7-14-13(21)16-15-12(19)6-9-18-8-5-11(2)17-18/h5,8H,3-4,6-7,9-10H2,1-2H3,(H,15,19)(H2,14,16,21). The Morgan fingerprint density at radius 1 is 1.48 bits per heavy atom. The van der Waals surface area contributed by atoms with Gasteiger partial charge in [-0.05, 0) is 38.6 Å². The summed E-state index contributed by atoms with van der Waals surface area (Å²) in [5.74, 6) is -0.137. The van der Waals surface area contributed by atoms with Gasteiger partial charge in [-0.15, -0.1) is 0 Å². The minimum atomic E-state index is -0.137. The van der Waals surface area contributed by atoms with Crippen LogP contribution in [0.4, 0.5) is 0 Å². The molecule has 3 N–H and O–H groups in total. The van der Waals surface area contributed by atoms with E-state index in [-0.39, 0.29) is 5.91 Å². The minimum absolute atomic E-state index is 0.137. The van der Waals surface area contributed by atoms with E-state index in [9.17, 15) is 4.79 Å². The molecule has 0 aliphatic heterocycles. The number of hydrogen-bond acceptors (Lipinski definition) is 4. The molecule has 0 saturated heterocycles. The van der Waals surface area contributed by atoms with Crippen molar-refractivity contribution in [3.63, 3.8) is 0 Å². The second-order valence-corrected chi connectivity index (χ2v) is 4.86. The number of nitrogens with zero attached hydrogens (tertiary/aromatic N) is 2. The van der Waals surface area contributed by atoms with Crippen molar-refractivity contribution in [1.82, 2.24) is 25.9 Å². The maximum atomic E-state index is 11.6. The molecule has 0 spiro atoms. The van der Waals surface area contributed by atoms with E-state index in [0.29, 0.717) is 37.8 Å². The van der Waals surface area contributed by atoms with E-state index in [1.54, 1.807) is 4.68 Å². The highest BCUT2D eigenvalue weighted by Gasteiger charge is 2.03. The van der Waals surface area contributed by atoms with Gasteiger partial charge in [-0.3, -0.25) is 20.3 Å². The van der Waals surface area contributed by atoms with Crippen LogP contribution in [0.2, 0.25) is 0 Å². The van der Waals surface area contributed by atoms with Crippen molar-refractivity contribution in [2.24, 2.45) is 0 Å². The van der Waals surface area contributed by atoms with Crippen LogP contribution in [0, 0.1) is 6.92 Å². The van der Waals surface area contributed by atoms with E-state index in [2.05, 4.69) is 21.3 Å². The van der Waals surface area contributed by atoms with Gasteiger partial charge >= 0.3 is 0 Å². The lowest BCUT2D eigenvalue weighted by atomic mass is 10.4. The fraction of sp³-hybridized carbons (Fsp3) is 0.615. The third kappa shape index (κ3) is 8.26. The Kier molecular flexibility index (Phi) is 8.37. The van der Waals surface area contributed by atoms with Gasteiger partial charge in [0.05, 0.1) is 5.69 Å². The molecule has 0 radical (unpaired) electrons. The number of rotatable bonds is 8. The van der Waals surface area contributed by atoms with Gasteiger partial charge in [0.15, 0.2) is 5.11 Å². The maximum absolute atomic E-state index is 11.6. The summed E-state index contributed by atoms with van der Waals surface area (Å²) >= 11 is 5.04. The average molecular weight is 313 g/mol. The minimum Gasteiger partial charge on any atom is -0.382 e. The molecule has 0 aliphatic carbocycles. The number of carbonyl (C=O) groups is 1. The van der Waals surface area contributed by atoms with Crippen molar-refractivity contribution in [3.8, 4) is 0 Å². The van der Waals surface area contributed by atoms with E-state index >= 15 is 0 Å². The first-order valence-corrected chi connectivity index (χ1v) is 7.43. The number of thiocarbonyl (C=S) groups is 1. The third-order valence-electron chi connectivity index (χ3n) is 2.61. The predicted molar refractivity (Wildman–Crippen MR) is 84.6 cm³/mol. The molecule has 8 heteroatoms. The molecule has 0 saturated carbocycles. The highest BCUT2D eigenvalue weighted by atomic mass is 32.1. The number of aromatic nitrogens is 2. The van der Waals surface area contributed by atoms with Gasteiger partial charge in [-0.1, -0.05) is 0 Å². The fourth-order valence-corrected chi connectivity index (χ4v) is 1.71. The average Bonchev–Trinajstić information content (AvgIpc) is 2.88. The Morgan fingerprint density at radius 2 is 2.29 bits per heavy atom. The van der Waals surface area contributed by atoms with Crippen LogP contribution >= 0.6 is 12.2 Å². The van der Waals surface area contributed by atoms with E-state index < -0.39 is 0 Å². The van der Waals surface area contributed by atoms with Crippen molar-refractivity contribution in [1.29, 1.82) is 0 Å². The molecular weight excluding hydrogens is 290 g/mol. The zero-order chi connectivity index (χ0) is 15.5. The lowest BCUT2D eigenvalue weighted by Crippen LogP contribution is -2.47. The smallest absolute Gasteiger partial charge is 0.240 e.